The molecule has 0 radical (unpaired) electrons. The number of para-hydroxylation sites is 3. The van der Waals surface area contributed by atoms with Crippen molar-refractivity contribution in [2.75, 3.05) is 0 Å². The Morgan fingerprint density at radius 1 is 0.562 bits per heavy atom. The van der Waals surface area contributed by atoms with E-state index in [1.165, 1.54) is 18.2 Å². The van der Waals surface area contributed by atoms with Crippen LogP contribution in [0.5, 0.6) is 17.2 Å². The second kappa shape index (κ2) is 18.5. The first-order valence-corrected chi connectivity index (χ1v) is 9.14. The summed E-state index contributed by atoms with van der Waals surface area (Å²) in [5.41, 5.74) is 0.993. The number of aromatic hydroxyl groups is 3. The van der Waals surface area contributed by atoms with E-state index in [1.54, 1.807) is 68.4 Å². The van der Waals surface area contributed by atoms with E-state index in [1.807, 2.05) is 0 Å². The van der Waals surface area contributed by atoms with Gasteiger partial charge in [-0.1, -0.05) is 36.4 Å². The van der Waals surface area contributed by atoms with Crippen LogP contribution in [-0.2, 0) is 21.7 Å². The van der Waals surface area contributed by atoms with Crippen molar-refractivity contribution >= 4 is 18.9 Å². The van der Waals surface area contributed by atoms with Crippen LogP contribution < -0.4 is 0 Å². The van der Waals surface area contributed by atoms with Gasteiger partial charge in [-0.2, -0.15) is 0 Å². The van der Waals surface area contributed by atoms with Crippen LogP contribution in [0.2, 0.25) is 0 Å². The van der Waals surface area contributed by atoms with Crippen LogP contribution in [0.3, 0.4) is 0 Å². The zero-order valence-corrected chi connectivity index (χ0v) is 19.3. The molecule has 0 spiro atoms. The predicted octanol–water partition coefficient (Wildman–Crippen LogP) is 4.00. The Labute approximate surface area is 201 Å². The molecule has 168 valence electrons. The molecule has 0 saturated heterocycles. The standard InChI is InChI=1S/3C7H6O2.C3H8O.Ti/c3*8-5-6-3-1-2-4-7(6)9;1-3(2)4;/h3*1-5,9H;3-4H,1-2H3;. The number of hydrogen-bond donors (Lipinski definition) is 4. The van der Waals surface area contributed by atoms with E-state index in [2.05, 4.69) is 0 Å². The maximum atomic E-state index is 10.1. The number of aldehydes is 3. The molecule has 0 fully saturated rings. The number of hydrogen-bond acceptors (Lipinski definition) is 7. The van der Waals surface area contributed by atoms with Crippen molar-refractivity contribution in [3.05, 3.63) is 89.5 Å². The summed E-state index contributed by atoms with van der Waals surface area (Å²) in [5, 5.41) is 34.7. The Morgan fingerprint density at radius 3 is 0.875 bits per heavy atom. The molecule has 3 aromatic carbocycles. The molecule has 0 amide bonds. The molecule has 0 aliphatic rings. The van der Waals surface area contributed by atoms with Crippen LogP contribution in [0, 0.1) is 0 Å². The van der Waals surface area contributed by atoms with Crippen LogP contribution >= 0.6 is 0 Å². The molecule has 0 heterocycles. The van der Waals surface area contributed by atoms with Gasteiger partial charge in [0.05, 0.1) is 16.7 Å². The molecule has 0 aliphatic carbocycles. The van der Waals surface area contributed by atoms with Gasteiger partial charge in [0.1, 0.15) is 17.2 Å². The Kier molecular flexibility index (Phi) is 17.9. The molecular weight excluding hydrogens is 448 g/mol. The van der Waals surface area contributed by atoms with Crippen molar-refractivity contribution in [1.82, 2.24) is 0 Å². The van der Waals surface area contributed by atoms with Gasteiger partial charge in [-0.05, 0) is 50.2 Å². The molecule has 0 saturated carbocycles. The van der Waals surface area contributed by atoms with Crippen LogP contribution in [0.15, 0.2) is 72.8 Å². The fourth-order valence-corrected chi connectivity index (χ4v) is 1.76. The maximum absolute atomic E-state index is 10.1. The van der Waals surface area contributed by atoms with Gasteiger partial charge in [-0.15, -0.1) is 0 Å². The zero-order chi connectivity index (χ0) is 23.6. The molecule has 8 heteroatoms. The molecule has 3 rings (SSSR count). The first kappa shape index (κ1) is 30.9. The summed E-state index contributed by atoms with van der Waals surface area (Å²) in [7, 11) is 0. The molecule has 0 atom stereocenters. The number of phenols is 3. The average Bonchev–Trinajstić information content (AvgIpc) is 2.75. The molecular formula is C24H26O7Ti. The first-order chi connectivity index (χ1) is 14.8. The second-order valence-corrected chi connectivity index (χ2v) is 6.12. The summed E-state index contributed by atoms with van der Waals surface area (Å²) in [6.45, 7) is 3.44. The minimum atomic E-state index is -0.167. The third kappa shape index (κ3) is 13.9. The molecule has 0 aliphatic heterocycles. The van der Waals surface area contributed by atoms with Gasteiger partial charge >= 0.3 is 0 Å². The third-order valence-corrected chi connectivity index (χ3v) is 3.19. The van der Waals surface area contributed by atoms with Gasteiger partial charge in [0.25, 0.3) is 0 Å². The van der Waals surface area contributed by atoms with Crippen molar-refractivity contribution < 1.29 is 56.5 Å². The Hall–Kier alpha value is -3.26. The molecule has 32 heavy (non-hydrogen) atoms. The van der Waals surface area contributed by atoms with E-state index in [0.717, 1.165) is 0 Å². The van der Waals surface area contributed by atoms with Crippen LogP contribution in [0.25, 0.3) is 0 Å². The Balaban J connectivity index is 0. The van der Waals surface area contributed by atoms with Crippen molar-refractivity contribution in [2.24, 2.45) is 0 Å². The number of aliphatic hydroxyl groups excluding tert-OH is 1. The fraction of sp³-hybridized carbons (Fsp3) is 0.125. The van der Waals surface area contributed by atoms with E-state index in [-0.39, 0.29) is 45.1 Å². The Bertz CT molecular complexity index is 822. The normalized spacial score (nSPS) is 8.62. The van der Waals surface area contributed by atoms with Gasteiger partial charge in [0.15, 0.2) is 18.9 Å². The quantitative estimate of drug-likeness (QED) is 0.333. The van der Waals surface area contributed by atoms with E-state index >= 15 is 0 Å². The van der Waals surface area contributed by atoms with Gasteiger partial charge in [0.2, 0.25) is 0 Å². The molecule has 0 unspecified atom stereocenters. The van der Waals surface area contributed by atoms with Gasteiger partial charge in [-0.25, -0.2) is 0 Å². The number of aliphatic hydroxyl groups is 1. The summed E-state index contributed by atoms with van der Waals surface area (Å²) >= 11 is 0. The van der Waals surface area contributed by atoms with Gasteiger partial charge in [-0.3, -0.25) is 14.4 Å². The largest absolute Gasteiger partial charge is 0.507 e. The smallest absolute Gasteiger partial charge is 0.153 e. The maximum Gasteiger partial charge on any atom is 0.153 e. The van der Waals surface area contributed by atoms with Gasteiger partial charge < -0.3 is 20.4 Å². The molecule has 0 aromatic heterocycles. The molecule has 7 nitrogen and oxygen atoms in total. The molecule has 3 aromatic rings. The van der Waals surface area contributed by atoms with E-state index < -0.39 is 0 Å². The minimum absolute atomic E-state index is 0. The first-order valence-electron chi connectivity index (χ1n) is 9.14. The number of carbonyl (C=O) groups excluding carboxylic acids is 3. The fourth-order valence-electron chi connectivity index (χ4n) is 1.76. The number of phenolic OH excluding ortho intramolecular Hbond substituents is 3. The summed E-state index contributed by atoms with van der Waals surface area (Å²) in [6.07, 6.45) is 1.69. The van der Waals surface area contributed by atoms with E-state index in [0.29, 0.717) is 35.5 Å². The van der Waals surface area contributed by atoms with Crippen molar-refractivity contribution in [3.63, 3.8) is 0 Å². The molecule has 4 N–H and O–H groups in total. The summed E-state index contributed by atoms with van der Waals surface area (Å²) in [4.78, 5) is 30.2. The number of benzene rings is 3. The van der Waals surface area contributed by atoms with Crippen molar-refractivity contribution in [1.29, 1.82) is 0 Å². The topological polar surface area (TPSA) is 132 Å². The van der Waals surface area contributed by atoms with Crippen LogP contribution in [0.4, 0.5) is 0 Å². The minimum Gasteiger partial charge on any atom is -0.507 e. The van der Waals surface area contributed by atoms with E-state index in [4.69, 9.17) is 20.4 Å². The number of carbonyl (C=O) groups is 3. The second-order valence-electron chi connectivity index (χ2n) is 6.12. The third-order valence-electron chi connectivity index (χ3n) is 3.19. The Morgan fingerprint density at radius 2 is 0.750 bits per heavy atom. The SMILES string of the molecule is CC(C)O.O=Cc1ccccc1O.O=Cc1ccccc1O.O=Cc1ccccc1O.[Ti]. The van der Waals surface area contributed by atoms with Crippen molar-refractivity contribution in [3.8, 4) is 17.2 Å². The van der Waals surface area contributed by atoms with E-state index in [9.17, 15) is 14.4 Å². The zero-order valence-electron chi connectivity index (χ0n) is 17.8. The van der Waals surface area contributed by atoms with Crippen LogP contribution in [-0.4, -0.2) is 45.4 Å². The summed E-state index contributed by atoms with van der Waals surface area (Å²) in [5.74, 6) is 0.104. The predicted molar refractivity (Wildman–Crippen MR) is 118 cm³/mol. The average molecular weight is 474 g/mol. The van der Waals surface area contributed by atoms with Crippen LogP contribution in [0.1, 0.15) is 44.9 Å². The summed E-state index contributed by atoms with van der Waals surface area (Å²) in [6, 6.07) is 19.2. The van der Waals surface area contributed by atoms with Crippen molar-refractivity contribution in [2.45, 2.75) is 20.0 Å². The van der Waals surface area contributed by atoms with Gasteiger partial charge in [0, 0.05) is 27.8 Å². The molecule has 0 bridgehead atoms. The number of rotatable bonds is 3. The monoisotopic (exact) mass is 474 g/mol. The summed E-state index contributed by atoms with van der Waals surface area (Å²) < 4.78 is 0.